The van der Waals surface area contributed by atoms with Crippen molar-refractivity contribution >= 4 is 11.5 Å². The van der Waals surface area contributed by atoms with Crippen LogP contribution >= 0.6 is 0 Å². The van der Waals surface area contributed by atoms with Crippen LogP contribution in [0.25, 0.3) is 33.9 Å². The maximum atomic E-state index is 14.5. The number of nitrogens with zero attached hydrogens (tertiary/aromatic N) is 3. The number of aromatic amines is 1. The summed E-state index contributed by atoms with van der Waals surface area (Å²) in [5, 5.41) is 3.15. The van der Waals surface area contributed by atoms with E-state index in [0.717, 1.165) is 18.2 Å². The number of halogens is 4. The number of imidazole rings is 1. The first-order valence-electron chi connectivity index (χ1n) is 8.56. The SMILES string of the molecule is Fc1cccc(C(F)(F)F)c1-c1nc2c([nH]1)-c1ccncc1Nc1ncccc1-2. The highest BCUT2D eigenvalue weighted by atomic mass is 19.4. The standard InChI is InChI=1S/C20H11F4N5/c21-13-5-1-4-12(20(22,23)24)15(13)19-28-16-10-6-8-25-9-14(10)27-18-11(17(16)29-19)3-2-7-26-18/h1-9H,(H,26,27)(H,28,29). The smallest absolute Gasteiger partial charge is 0.338 e. The normalized spacial score (nSPS) is 12.4. The molecule has 1 aromatic carbocycles. The predicted octanol–water partition coefficient (Wildman–Crippen LogP) is 5.42. The van der Waals surface area contributed by atoms with E-state index in [1.807, 2.05) is 0 Å². The largest absolute Gasteiger partial charge is 0.417 e. The molecule has 0 unspecified atom stereocenters. The molecule has 144 valence electrons. The summed E-state index contributed by atoms with van der Waals surface area (Å²) >= 11 is 0. The fraction of sp³-hybridized carbons (Fsp3) is 0.0500. The highest BCUT2D eigenvalue weighted by Crippen LogP contribution is 2.44. The molecule has 0 spiro atoms. The van der Waals surface area contributed by atoms with E-state index in [9.17, 15) is 17.6 Å². The number of pyridine rings is 2. The van der Waals surface area contributed by atoms with Crippen LogP contribution in [0.5, 0.6) is 0 Å². The third-order valence-electron chi connectivity index (χ3n) is 4.67. The molecule has 0 radical (unpaired) electrons. The van der Waals surface area contributed by atoms with E-state index in [1.54, 1.807) is 36.8 Å². The summed E-state index contributed by atoms with van der Waals surface area (Å²) in [4.78, 5) is 15.6. The monoisotopic (exact) mass is 397 g/mol. The fourth-order valence-electron chi connectivity index (χ4n) is 3.42. The molecule has 4 aromatic rings. The first kappa shape index (κ1) is 17.4. The number of rotatable bonds is 1. The Morgan fingerprint density at radius 1 is 0.931 bits per heavy atom. The Hall–Kier alpha value is -3.75. The van der Waals surface area contributed by atoms with Gasteiger partial charge in [0.2, 0.25) is 0 Å². The minimum atomic E-state index is -4.73. The Morgan fingerprint density at radius 2 is 1.79 bits per heavy atom. The van der Waals surface area contributed by atoms with Crippen LogP contribution in [0.2, 0.25) is 0 Å². The van der Waals surface area contributed by atoms with Crippen molar-refractivity contribution in [3.8, 4) is 33.9 Å². The van der Waals surface area contributed by atoms with Crippen LogP contribution in [-0.2, 0) is 6.18 Å². The summed E-state index contributed by atoms with van der Waals surface area (Å²) in [6.07, 6.45) is -0.0182. The second-order valence-corrected chi connectivity index (χ2v) is 6.42. The molecule has 2 N–H and O–H groups in total. The summed E-state index contributed by atoms with van der Waals surface area (Å²) in [6, 6.07) is 7.97. The van der Waals surface area contributed by atoms with Gasteiger partial charge in [0.25, 0.3) is 0 Å². The van der Waals surface area contributed by atoms with E-state index in [1.165, 1.54) is 0 Å². The molecule has 0 saturated carbocycles. The van der Waals surface area contributed by atoms with Gasteiger partial charge in [0.05, 0.1) is 28.7 Å². The zero-order chi connectivity index (χ0) is 20.2. The third kappa shape index (κ3) is 2.74. The Morgan fingerprint density at radius 3 is 2.62 bits per heavy atom. The van der Waals surface area contributed by atoms with Crippen LogP contribution in [0.4, 0.5) is 29.1 Å². The Labute approximate surface area is 161 Å². The van der Waals surface area contributed by atoms with Gasteiger partial charge < -0.3 is 10.3 Å². The van der Waals surface area contributed by atoms with E-state index in [0.29, 0.717) is 34.0 Å². The van der Waals surface area contributed by atoms with Crippen molar-refractivity contribution in [2.24, 2.45) is 0 Å². The number of anilines is 2. The summed E-state index contributed by atoms with van der Waals surface area (Å²) in [6.45, 7) is 0. The molecule has 0 amide bonds. The molecule has 0 aliphatic carbocycles. The zero-order valence-electron chi connectivity index (χ0n) is 14.5. The Kier molecular flexibility index (Phi) is 3.67. The third-order valence-corrected chi connectivity index (χ3v) is 4.67. The number of fused-ring (bicyclic) bond motifs is 5. The minimum Gasteiger partial charge on any atom is -0.338 e. The minimum absolute atomic E-state index is 0.208. The van der Waals surface area contributed by atoms with E-state index < -0.39 is 23.1 Å². The Bertz CT molecular complexity index is 1180. The van der Waals surface area contributed by atoms with Crippen molar-refractivity contribution in [3.05, 3.63) is 66.4 Å². The molecule has 1 aliphatic heterocycles. The first-order valence-corrected chi connectivity index (χ1v) is 8.56. The van der Waals surface area contributed by atoms with Crippen LogP contribution in [0, 0.1) is 5.82 Å². The van der Waals surface area contributed by atoms with Crippen molar-refractivity contribution in [1.29, 1.82) is 0 Å². The quantitative estimate of drug-likeness (QED) is 0.371. The fourth-order valence-corrected chi connectivity index (χ4v) is 3.42. The van der Waals surface area contributed by atoms with Crippen LogP contribution < -0.4 is 5.32 Å². The molecule has 29 heavy (non-hydrogen) atoms. The maximum absolute atomic E-state index is 14.5. The number of hydrogen-bond donors (Lipinski definition) is 2. The van der Waals surface area contributed by atoms with Crippen molar-refractivity contribution in [1.82, 2.24) is 19.9 Å². The molecule has 3 aromatic heterocycles. The summed E-state index contributed by atoms with van der Waals surface area (Å²) in [5.41, 5.74) is 0.918. The van der Waals surface area contributed by atoms with Gasteiger partial charge in [-0.2, -0.15) is 13.2 Å². The number of H-pyrrole nitrogens is 1. The van der Waals surface area contributed by atoms with Crippen molar-refractivity contribution < 1.29 is 17.6 Å². The summed E-state index contributed by atoms with van der Waals surface area (Å²) < 4.78 is 55.0. The maximum Gasteiger partial charge on any atom is 0.417 e. The Balaban J connectivity index is 1.82. The lowest BCUT2D eigenvalue weighted by molar-refractivity contribution is -0.137. The second kappa shape index (κ2) is 6.13. The average molecular weight is 397 g/mol. The molecule has 0 saturated heterocycles. The molecule has 9 heteroatoms. The molecule has 0 fully saturated rings. The van der Waals surface area contributed by atoms with Crippen LogP contribution in [-0.4, -0.2) is 19.9 Å². The van der Waals surface area contributed by atoms with Gasteiger partial charge in [-0.15, -0.1) is 0 Å². The molecule has 0 bridgehead atoms. The van der Waals surface area contributed by atoms with E-state index in [4.69, 9.17) is 0 Å². The number of benzene rings is 1. The highest BCUT2D eigenvalue weighted by molar-refractivity contribution is 5.95. The zero-order valence-corrected chi connectivity index (χ0v) is 14.5. The molecule has 5 nitrogen and oxygen atoms in total. The van der Waals surface area contributed by atoms with Gasteiger partial charge >= 0.3 is 6.18 Å². The van der Waals surface area contributed by atoms with Gasteiger partial charge in [-0.3, -0.25) is 4.98 Å². The lowest BCUT2D eigenvalue weighted by atomic mass is 10.1. The summed E-state index contributed by atoms with van der Waals surface area (Å²) in [5.74, 6) is -0.744. The van der Waals surface area contributed by atoms with Gasteiger partial charge in [-0.1, -0.05) is 6.07 Å². The molecule has 5 rings (SSSR count). The van der Waals surface area contributed by atoms with Gasteiger partial charge in [-0.05, 0) is 30.3 Å². The second-order valence-electron chi connectivity index (χ2n) is 6.42. The first-order chi connectivity index (χ1) is 13.9. The van der Waals surface area contributed by atoms with Crippen molar-refractivity contribution in [3.63, 3.8) is 0 Å². The number of hydrogen-bond acceptors (Lipinski definition) is 4. The average Bonchev–Trinajstić information content (AvgIpc) is 3.07. The number of alkyl halides is 3. The van der Waals surface area contributed by atoms with Crippen molar-refractivity contribution in [2.45, 2.75) is 6.18 Å². The van der Waals surface area contributed by atoms with Gasteiger partial charge in [0, 0.05) is 23.5 Å². The highest BCUT2D eigenvalue weighted by Gasteiger charge is 2.36. The van der Waals surface area contributed by atoms with Crippen LogP contribution in [0.3, 0.4) is 0 Å². The predicted molar refractivity (Wildman–Crippen MR) is 98.7 cm³/mol. The van der Waals surface area contributed by atoms with Gasteiger partial charge in [0.15, 0.2) is 0 Å². The number of aromatic nitrogens is 4. The van der Waals surface area contributed by atoms with Gasteiger partial charge in [0.1, 0.15) is 23.2 Å². The number of nitrogens with one attached hydrogen (secondary N) is 2. The molecular weight excluding hydrogens is 386 g/mol. The van der Waals surface area contributed by atoms with Crippen LogP contribution in [0.1, 0.15) is 5.56 Å². The van der Waals surface area contributed by atoms with E-state index >= 15 is 0 Å². The molecule has 4 heterocycles. The van der Waals surface area contributed by atoms with E-state index in [-0.39, 0.29) is 5.82 Å². The molecular formula is C20H11F4N5. The lowest BCUT2D eigenvalue weighted by Crippen LogP contribution is -2.09. The summed E-state index contributed by atoms with van der Waals surface area (Å²) in [7, 11) is 0. The molecule has 0 atom stereocenters. The molecule has 1 aliphatic rings. The van der Waals surface area contributed by atoms with Crippen LogP contribution in [0.15, 0.2) is 55.0 Å². The topological polar surface area (TPSA) is 66.5 Å². The van der Waals surface area contributed by atoms with Gasteiger partial charge in [-0.25, -0.2) is 14.4 Å². The van der Waals surface area contributed by atoms with Crippen molar-refractivity contribution in [2.75, 3.05) is 5.32 Å². The van der Waals surface area contributed by atoms with E-state index in [2.05, 4.69) is 25.3 Å². The lowest BCUT2D eigenvalue weighted by Gasteiger charge is -2.12.